The van der Waals surface area contributed by atoms with Crippen LogP contribution in [0.5, 0.6) is 5.75 Å². The first-order valence-corrected chi connectivity index (χ1v) is 9.84. The zero-order valence-electron chi connectivity index (χ0n) is 16.6. The Morgan fingerprint density at radius 2 is 1.52 bits per heavy atom. The van der Waals surface area contributed by atoms with E-state index in [4.69, 9.17) is 9.47 Å². The summed E-state index contributed by atoms with van der Waals surface area (Å²) in [5, 5.41) is 25.1. The number of hydrogen-bond donors (Lipinski definition) is 1. The molecular weight excluding hydrogens is 394 g/mol. The fourth-order valence-electron chi connectivity index (χ4n) is 3.27. The second kappa shape index (κ2) is 9.38. The van der Waals surface area contributed by atoms with Gasteiger partial charge in [0.05, 0.1) is 6.61 Å². The predicted octanol–water partition coefficient (Wildman–Crippen LogP) is 3.70. The summed E-state index contributed by atoms with van der Waals surface area (Å²) in [7, 11) is 0. The molecule has 1 aromatic heterocycles. The van der Waals surface area contributed by atoms with E-state index >= 15 is 0 Å². The van der Waals surface area contributed by atoms with Crippen LogP contribution < -0.4 is 9.47 Å². The highest BCUT2D eigenvalue weighted by atomic mass is 16.6. The molecule has 156 valence electrons. The third-order valence-electron chi connectivity index (χ3n) is 4.87. The van der Waals surface area contributed by atoms with Crippen molar-refractivity contribution in [2.45, 2.75) is 18.8 Å². The van der Waals surface area contributed by atoms with Gasteiger partial charge in [0.2, 0.25) is 5.69 Å². The Kier molecular flexibility index (Phi) is 6.21. The zero-order chi connectivity index (χ0) is 21.6. The topological polar surface area (TPSA) is 82.7 Å². The minimum atomic E-state index is -1.53. The normalized spacial score (nSPS) is 12.9. The first kappa shape index (κ1) is 20.5. The summed E-state index contributed by atoms with van der Waals surface area (Å²) in [5.74, 6) is -0.468. The van der Waals surface area contributed by atoms with Crippen LogP contribution in [0.3, 0.4) is 0 Å². The maximum atomic E-state index is 12.9. The monoisotopic (exact) mass is 415 g/mol. The van der Waals surface area contributed by atoms with Crippen LogP contribution in [0.15, 0.2) is 97.2 Å². The van der Waals surface area contributed by atoms with Crippen molar-refractivity contribution in [3.63, 3.8) is 0 Å². The first-order valence-electron chi connectivity index (χ1n) is 9.84. The highest BCUT2D eigenvalue weighted by Crippen LogP contribution is 2.23. The van der Waals surface area contributed by atoms with Crippen molar-refractivity contribution in [2.75, 3.05) is 0 Å². The highest BCUT2D eigenvalue weighted by molar-refractivity contribution is 5.82. The molecule has 4 aromatic rings. The number of esters is 1. The van der Waals surface area contributed by atoms with Gasteiger partial charge < -0.3 is 19.8 Å². The number of aromatic nitrogens is 1. The minimum Gasteiger partial charge on any atom is -0.618 e. The Balaban J connectivity index is 1.63. The molecular formula is C25H21NO5. The summed E-state index contributed by atoms with van der Waals surface area (Å²) in [5.41, 5.74) is 0.822. The summed E-state index contributed by atoms with van der Waals surface area (Å²) in [6.07, 6.45) is -1.56. The van der Waals surface area contributed by atoms with Gasteiger partial charge in [-0.3, -0.25) is 0 Å². The molecule has 3 aromatic carbocycles. The van der Waals surface area contributed by atoms with E-state index in [9.17, 15) is 15.1 Å². The third-order valence-corrected chi connectivity index (χ3v) is 4.87. The number of ether oxygens (including phenoxy) is 2. The molecule has 0 aliphatic carbocycles. The van der Waals surface area contributed by atoms with Gasteiger partial charge in [0, 0.05) is 11.5 Å². The van der Waals surface area contributed by atoms with Crippen LogP contribution in [0.1, 0.15) is 17.4 Å². The summed E-state index contributed by atoms with van der Waals surface area (Å²) >= 11 is 0. The molecule has 31 heavy (non-hydrogen) atoms. The van der Waals surface area contributed by atoms with Gasteiger partial charge in [-0.15, -0.1) is 0 Å². The number of fused-ring (bicyclic) bond motifs is 1. The smallest absolute Gasteiger partial charge is 0.344 e. The number of carbonyl (C=O) groups excluding carboxylic acids is 1. The number of carbonyl (C=O) groups is 1. The number of pyridine rings is 1. The second-order valence-electron chi connectivity index (χ2n) is 7.05. The van der Waals surface area contributed by atoms with E-state index in [-0.39, 0.29) is 12.3 Å². The molecule has 0 aliphatic heterocycles. The average molecular weight is 415 g/mol. The minimum absolute atomic E-state index is 0.00164. The van der Waals surface area contributed by atoms with Crippen molar-refractivity contribution in [2.24, 2.45) is 0 Å². The lowest BCUT2D eigenvalue weighted by Gasteiger charge is -2.21. The highest BCUT2D eigenvalue weighted by Gasteiger charge is 2.36. The van der Waals surface area contributed by atoms with Crippen molar-refractivity contribution in [1.82, 2.24) is 0 Å². The Hall–Kier alpha value is -3.74. The van der Waals surface area contributed by atoms with Crippen LogP contribution in [0.2, 0.25) is 0 Å². The average Bonchev–Trinajstić information content (AvgIpc) is 2.80. The third kappa shape index (κ3) is 4.88. The van der Waals surface area contributed by atoms with E-state index < -0.39 is 18.2 Å². The molecule has 0 bridgehead atoms. The Labute approximate surface area is 179 Å². The van der Waals surface area contributed by atoms with Crippen LogP contribution >= 0.6 is 0 Å². The SMILES string of the molecule is O=C(Oc1ccccc1)[C@H](OCc1ccccc1)[C@H](O)c1cc2ccccc2c[n+]1[O-]. The summed E-state index contributed by atoms with van der Waals surface area (Å²) in [6.45, 7) is 0.0683. The maximum Gasteiger partial charge on any atom is 0.344 e. The number of aliphatic hydroxyl groups is 1. The fraction of sp³-hybridized carbons (Fsp3) is 0.120. The van der Waals surface area contributed by atoms with Crippen molar-refractivity contribution in [3.05, 3.63) is 114 Å². The van der Waals surface area contributed by atoms with E-state index in [1.54, 1.807) is 42.5 Å². The molecule has 1 N–H and O–H groups in total. The van der Waals surface area contributed by atoms with E-state index in [0.717, 1.165) is 16.3 Å². The molecule has 0 radical (unpaired) electrons. The number of hydrogen-bond acceptors (Lipinski definition) is 5. The van der Waals surface area contributed by atoms with Gasteiger partial charge in [-0.05, 0) is 29.1 Å². The van der Waals surface area contributed by atoms with Crippen LogP contribution in [-0.2, 0) is 16.1 Å². The van der Waals surface area contributed by atoms with Crippen LogP contribution in [0.4, 0.5) is 0 Å². The predicted molar refractivity (Wildman–Crippen MR) is 115 cm³/mol. The van der Waals surface area contributed by atoms with Crippen LogP contribution in [0, 0.1) is 5.21 Å². The zero-order valence-corrected chi connectivity index (χ0v) is 16.6. The fourth-order valence-corrected chi connectivity index (χ4v) is 3.27. The van der Waals surface area contributed by atoms with Gasteiger partial charge in [0.1, 0.15) is 5.75 Å². The van der Waals surface area contributed by atoms with Crippen LogP contribution in [-0.4, -0.2) is 17.2 Å². The molecule has 4 rings (SSSR count). The molecule has 2 atom stereocenters. The van der Waals surface area contributed by atoms with Gasteiger partial charge in [0.15, 0.2) is 18.4 Å². The number of rotatable bonds is 7. The molecule has 6 heteroatoms. The molecule has 0 spiro atoms. The van der Waals surface area contributed by atoms with E-state index in [1.807, 2.05) is 48.5 Å². The summed E-state index contributed by atoms with van der Waals surface area (Å²) in [4.78, 5) is 12.9. The Bertz CT molecular complexity index is 1160. The van der Waals surface area contributed by atoms with Crippen molar-refractivity contribution in [1.29, 1.82) is 0 Å². The lowest BCUT2D eigenvalue weighted by Crippen LogP contribution is -2.41. The van der Waals surface area contributed by atoms with Crippen molar-refractivity contribution in [3.8, 4) is 5.75 Å². The van der Waals surface area contributed by atoms with Gasteiger partial charge >= 0.3 is 5.97 Å². The molecule has 0 aliphatic rings. The first-order chi connectivity index (χ1) is 15.1. The number of para-hydroxylation sites is 1. The van der Waals surface area contributed by atoms with E-state index in [2.05, 4.69) is 0 Å². The molecule has 6 nitrogen and oxygen atoms in total. The Morgan fingerprint density at radius 3 is 2.23 bits per heavy atom. The lowest BCUT2D eigenvalue weighted by atomic mass is 10.1. The van der Waals surface area contributed by atoms with Crippen LogP contribution in [0.25, 0.3) is 10.8 Å². The molecule has 1 heterocycles. The molecule has 0 amide bonds. The summed E-state index contributed by atoms with van der Waals surface area (Å²) < 4.78 is 11.7. The quantitative estimate of drug-likeness (QED) is 0.215. The largest absolute Gasteiger partial charge is 0.618 e. The van der Waals surface area contributed by atoms with E-state index in [0.29, 0.717) is 10.5 Å². The molecule has 0 saturated heterocycles. The molecule has 0 fully saturated rings. The number of nitrogens with zero attached hydrogens (tertiary/aromatic N) is 1. The standard InChI is InChI=1S/C25H21NO5/c27-23(22-15-19-11-7-8-12-20(19)16-26(22)29)24(30-17-18-9-3-1-4-10-18)25(28)31-21-13-5-2-6-14-21/h1-16,23-24,27H,17H2/t23-,24-/m1/s1. The van der Waals surface area contributed by atoms with E-state index in [1.165, 1.54) is 6.20 Å². The molecule has 0 saturated carbocycles. The number of aliphatic hydroxyl groups excluding tert-OH is 1. The number of benzene rings is 3. The van der Waals surface area contributed by atoms with Gasteiger partial charge in [-0.25, -0.2) is 4.79 Å². The Morgan fingerprint density at radius 1 is 0.903 bits per heavy atom. The van der Waals surface area contributed by atoms with Gasteiger partial charge in [-0.1, -0.05) is 66.7 Å². The van der Waals surface area contributed by atoms with Crippen molar-refractivity contribution < 1.29 is 24.1 Å². The lowest BCUT2D eigenvalue weighted by molar-refractivity contribution is -0.617. The molecule has 0 unspecified atom stereocenters. The maximum absolute atomic E-state index is 12.9. The van der Waals surface area contributed by atoms with Gasteiger partial charge in [0.25, 0.3) is 0 Å². The van der Waals surface area contributed by atoms with Crippen molar-refractivity contribution >= 4 is 16.7 Å². The summed E-state index contributed by atoms with van der Waals surface area (Å²) in [6, 6.07) is 26.6. The second-order valence-corrected chi connectivity index (χ2v) is 7.05. The van der Waals surface area contributed by atoms with Gasteiger partial charge in [-0.2, -0.15) is 4.73 Å².